The maximum Gasteiger partial charge on any atom is 0.198 e. The lowest BCUT2D eigenvalue weighted by Crippen LogP contribution is -2.42. The van der Waals surface area contributed by atoms with Crippen molar-refractivity contribution in [3.05, 3.63) is 51.5 Å². The predicted octanol–water partition coefficient (Wildman–Crippen LogP) is 3.12. The molecule has 0 saturated carbocycles. The summed E-state index contributed by atoms with van der Waals surface area (Å²) in [4.78, 5) is 11.8. The van der Waals surface area contributed by atoms with E-state index in [4.69, 9.17) is 15.5 Å². The molecule has 0 radical (unpaired) electrons. The zero-order valence-corrected chi connectivity index (χ0v) is 19.1. The molecular weight excluding hydrogens is 446 g/mol. The normalized spacial score (nSPS) is 22.5. The van der Waals surface area contributed by atoms with Gasteiger partial charge < -0.3 is 20.7 Å². The molecule has 6 rings (SSSR count). The van der Waals surface area contributed by atoms with Crippen LogP contribution in [0, 0.1) is 17.1 Å². The molecule has 0 spiro atoms. The van der Waals surface area contributed by atoms with E-state index < -0.39 is 5.82 Å². The molecule has 0 amide bonds. The Hall–Kier alpha value is -2.79. The molecule has 1 saturated heterocycles. The summed E-state index contributed by atoms with van der Waals surface area (Å²) in [5.74, 6) is 0.394. The van der Waals surface area contributed by atoms with Gasteiger partial charge in [0.25, 0.3) is 0 Å². The highest BCUT2D eigenvalue weighted by Gasteiger charge is 2.38. The lowest BCUT2D eigenvalue weighted by atomic mass is 9.83. The first-order valence-corrected chi connectivity index (χ1v) is 11.8. The third-order valence-corrected chi connectivity index (χ3v) is 8.08. The van der Waals surface area contributed by atoms with Crippen molar-refractivity contribution in [3.8, 4) is 6.07 Å². The molecular formula is C22H20FN6OPS. The van der Waals surface area contributed by atoms with E-state index in [1.54, 1.807) is 0 Å². The Labute approximate surface area is 190 Å². The van der Waals surface area contributed by atoms with Crippen LogP contribution in [0.3, 0.4) is 0 Å². The van der Waals surface area contributed by atoms with Crippen molar-refractivity contribution in [1.82, 2.24) is 15.2 Å². The quantitative estimate of drug-likeness (QED) is 0.627. The third kappa shape index (κ3) is 2.77. The van der Waals surface area contributed by atoms with E-state index in [1.165, 1.54) is 6.20 Å². The zero-order chi connectivity index (χ0) is 22.0. The van der Waals surface area contributed by atoms with E-state index in [2.05, 4.69) is 30.5 Å². The van der Waals surface area contributed by atoms with Crippen LogP contribution in [0.1, 0.15) is 24.1 Å². The number of nitrogen functional groups attached to an aromatic ring is 1. The lowest BCUT2D eigenvalue weighted by molar-refractivity contribution is 0.207. The molecule has 0 bridgehead atoms. The highest BCUT2D eigenvalue weighted by Crippen LogP contribution is 2.49. The van der Waals surface area contributed by atoms with Gasteiger partial charge in [-0.1, -0.05) is 0 Å². The van der Waals surface area contributed by atoms with Gasteiger partial charge in [0.1, 0.15) is 17.1 Å². The Morgan fingerprint density at radius 3 is 2.88 bits per heavy atom. The van der Waals surface area contributed by atoms with Gasteiger partial charge in [-0.05, 0) is 29.3 Å². The van der Waals surface area contributed by atoms with Gasteiger partial charge in [-0.3, -0.25) is 4.98 Å². The number of anilines is 1. The molecule has 0 aromatic carbocycles. The van der Waals surface area contributed by atoms with Gasteiger partial charge in [0, 0.05) is 35.8 Å². The Balaban J connectivity index is 1.58. The monoisotopic (exact) mass is 466 g/mol. The summed E-state index contributed by atoms with van der Waals surface area (Å²) in [7, 11) is 2.83. The molecule has 3 aliphatic heterocycles. The molecule has 1 aliphatic carbocycles. The number of nitrogens with two attached hydrogens (primary N) is 1. The first-order valence-electron chi connectivity index (χ1n) is 10.4. The van der Waals surface area contributed by atoms with E-state index in [0.29, 0.717) is 34.0 Å². The minimum Gasteiger partial charge on any atom is -0.389 e. The minimum absolute atomic E-state index is 0.212. The number of aliphatic imine (C=N–C) groups is 1. The van der Waals surface area contributed by atoms with Gasteiger partial charge in [0.2, 0.25) is 0 Å². The van der Waals surface area contributed by atoms with Crippen molar-refractivity contribution < 1.29 is 9.13 Å². The number of hydrogen-bond donors (Lipinski definition) is 2. The number of thiophene rings is 1. The molecule has 4 aliphatic rings. The summed E-state index contributed by atoms with van der Waals surface area (Å²) in [6, 6.07) is 1.93. The fourth-order valence-electron chi connectivity index (χ4n) is 4.93. The molecule has 5 heterocycles. The van der Waals surface area contributed by atoms with Crippen molar-refractivity contribution in [2.45, 2.75) is 18.9 Å². The highest BCUT2D eigenvalue weighted by molar-refractivity contribution is 7.23. The number of ether oxygens (including phenoxy) is 1. The van der Waals surface area contributed by atoms with E-state index in [9.17, 15) is 9.65 Å². The van der Waals surface area contributed by atoms with Gasteiger partial charge in [0.05, 0.1) is 35.4 Å². The van der Waals surface area contributed by atoms with Crippen molar-refractivity contribution >= 4 is 47.2 Å². The number of nitriles is 1. The molecule has 1 fully saturated rings. The number of guanidine groups is 1. The molecule has 2 unspecified atom stereocenters. The largest absolute Gasteiger partial charge is 0.389 e. The van der Waals surface area contributed by atoms with Gasteiger partial charge in [-0.15, -0.1) is 20.6 Å². The second-order valence-electron chi connectivity index (χ2n) is 8.19. The summed E-state index contributed by atoms with van der Waals surface area (Å²) in [5, 5.41) is 14.8. The van der Waals surface area contributed by atoms with Crippen molar-refractivity contribution in [3.63, 3.8) is 0 Å². The Bertz CT molecular complexity index is 1340. The fraction of sp³-hybridized carbons (Fsp3) is 0.318. The standard InChI is InChI=1S/C22H20FN6OPS/c23-14-7-26-18(16-10(5-24)21(25)32-20(14)16)15-13-9-30-8-12(13)11-6-27-22(28-17(11)19(15)31)29-3-1-2-4-29/h6-7,17H,1-4,8-9,25,31H2,(H,27,28). The first-order chi connectivity index (χ1) is 15.6. The average Bonchev–Trinajstić information content (AvgIpc) is 3.55. The maximum absolute atomic E-state index is 14.6. The summed E-state index contributed by atoms with van der Waals surface area (Å²) in [5.41, 5.74) is 10.9. The average molecular weight is 466 g/mol. The van der Waals surface area contributed by atoms with Crippen LogP contribution in [0.2, 0.25) is 0 Å². The molecule has 2 atom stereocenters. The highest BCUT2D eigenvalue weighted by atomic mass is 32.1. The van der Waals surface area contributed by atoms with E-state index in [0.717, 1.165) is 70.8 Å². The molecule has 2 aromatic heterocycles. The van der Waals surface area contributed by atoms with Crippen molar-refractivity contribution in [2.24, 2.45) is 4.99 Å². The van der Waals surface area contributed by atoms with Crippen LogP contribution in [0.25, 0.3) is 15.7 Å². The van der Waals surface area contributed by atoms with Gasteiger partial charge in [0.15, 0.2) is 11.8 Å². The summed E-state index contributed by atoms with van der Waals surface area (Å²) >= 11 is 1.08. The zero-order valence-electron chi connectivity index (χ0n) is 17.1. The summed E-state index contributed by atoms with van der Waals surface area (Å²) < 4.78 is 20.8. The van der Waals surface area contributed by atoms with Crippen molar-refractivity contribution in [1.29, 1.82) is 5.26 Å². The smallest absolute Gasteiger partial charge is 0.198 e. The number of halogens is 1. The number of aromatic nitrogens is 1. The lowest BCUT2D eigenvalue weighted by Gasteiger charge is -2.33. The van der Waals surface area contributed by atoms with Crippen LogP contribution >= 0.6 is 20.6 Å². The second-order valence-corrected chi connectivity index (χ2v) is 9.86. The first kappa shape index (κ1) is 19.9. The van der Waals surface area contributed by atoms with Crippen LogP contribution in [0.15, 0.2) is 39.4 Å². The summed E-state index contributed by atoms with van der Waals surface area (Å²) in [6.07, 6.45) is 5.57. The van der Waals surface area contributed by atoms with Crippen LogP contribution < -0.4 is 11.1 Å². The Morgan fingerprint density at radius 2 is 2.09 bits per heavy atom. The molecule has 10 heteroatoms. The SMILES string of the molecule is N#Cc1c(N)sc2c(F)cnc(C3=C(P)C4N=C(N5CCCC5)NC=C4C4=C3COC4)c12. The number of nitrogens with one attached hydrogen (secondary N) is 1. The number of rotatable bonds is 1. The van der Waals surface area contributed by atoms with Gasteiger partial charge in [-0.25, -0.2) is 9.38 Å². The molecule has 3 N–H and O–H groups in total. The predicted molar refractivity (Wildman–Crippen MR) is 126 cm³/mol. The topological polar surface area (TPSA) is 99.6 Å². The molecule has 32 heavy (non-hydrogen) atoms. The van der Waals surface area contributed by atoms with E-state index >= 15 is 0 Å². The van der Waals surface area contributed by atoms with Crippen LogP contribution in [-0.4, -0.2) is 48.2 Å². The number of likely N-dealkylation sites (tertiary alicyclic amines) is 1. The molecule has 7 nitrogen and oxygen atoms in total. The van der Waals surface area contributed by atoms with Gasteiger partial charge >= 0.3 is 0 Å². The van der Waals surface area contributed by atoms with E-state index in [1.807, 2.05) is 6.20 Å². The minimum atomic E-state index is -0.475. The van der Waals surface area contributed by atoms with Crippen LogP contribution in [-0.2, 0) is 4.74 Å². The van der Waals surface area contributed by atoms with E-state index in [-0.39, 0.29) is 11.6 Å². The second kappa shape index (κ2) is 7.38. The number of pyridine rings is 1. The van der Waals surface area contributed by atoms with Crippen molar-refractivity contribution in [2.75, 3.05) is 32.0 Å². The Morgan fingerprint density at radius 1 is 1.31 bits per heavy atom. The number of fused-ring (bicyclic) bond motifs is 3. The van der Waals surface area contributed by atoms with Crippen LogP contribution in [0.4, 0.5) is 9.39 Å². The molecule has 2 aromatic rings. The number of hydrogen-bond acceptors (Lipinski definition) is 8. The fourth-order valence-corrected chi connectivity index (χ4v) is 6.42. The third-order valence-electron chi connectivity index (χ3n) is 6.44. The van der Waals surface area contributed by atoms with Gasteiger partial charge in [-0.2, -0.15) is 5.26 Å². The summed E-state index contributed by atoms with van der Waals surface area (Å²) in [6.45, 7) is 2.89. The molecule has 162 valence electrons. The maximum atomic E-state index is 14.6. The van der Waals surface area contributed by atoms with Crippen LogP contribution in [0.5, 0.6) is 0 Å². The number of nitrogens with zero attached hydrogens (tertiary/aromatic N) is 4. The Kier molecular flexibility index (Phi) is 4.58.